The molecule has 9 heteroatoms. The highest BCUT2D eigenvalue weighted by atomic mass is 32.2. The fraction of sp³-hybridized carbons (Fsp3) is 0.692. The highest BCUT2D eigenvalue weighted by molar-refractivity contribution is 7.88. The van der Waals surface area contributed by atoms with E-state index in [1.54, 1.807) is 0 Å². The van der Waals surface area contributed by atoms with Crippen LogP contribution in [0.2, 0.25) is 0 Å². The van der Waals surface area contributed by atoms with Crippen molar-refractivity contribution in [3.63, 3.8) is 0 Å². The average Bonchev–Trinajstić information content (AvgIpc) is 2.95. The van der Waals surface area contributed by atoms with Crippen molar-refractivity contribution >= 4 is 16.0 Å². The third-order valence-electron chi connectivity index (χ3n) is 3.52. The van der Waals surface area contributed by atoms with E-state index in [0.29, 0.717) is 24.1 Å². The van der Waals surface area contributed by atoms with Gasteiger partial charge in [-0.2, -0.15) is 0 Å². The zero-order valence-electron chi connectivity index (χ0n) is 12.7. The maximum Gasteiger partial charge on any atom is 0.217 e. The second-order valence-corrected chi connectivity index (χ2v) is 7.38. The number of nitrogens with zero attached hydrogens (tertiary/aromatic N) is 3. The molecule has 1 saturated heterocycles. The van der Waals surface area contributed by atoms with Gasteiger partial charge in [0.25, 0.3) is 0 Å². The van der Waals surface area contributed by atoms with Crippen molar-refractivity contribution in [3.05, 3.63) is 18.0 Å². The van der Waals surface area contributed by atoms with Gasteiger partial charge in [0.2, 0.25) is 10.0 Å². The minimum absolute atomic E-state index is 0.202. The number of rotatable bonds is 6. The van der Waals surface area contributed by atoms with Crippen LogP contribution >= 0.6 is 0 Å². The number of nitrogens with two attached hydrogens (primary N) is 1. The van der Waals surface area contributed by atoms with Gasteiger partial charge in [0, 0.05) is 25.7 Å². The van der Waals surface area contributed by atoms with Crippen LogP contribution < -0.4 is 10.5 Å². The van der Waals surface area contributed by atoms with Crippen LogP contribution in [-0.2, 0) is 15.8 Å². The molecule has 3 N–H and O–H groups in total. The lowest BCUT2D eigenvalue weighted by Crippen LogP contribution is -2.43. The van der Waals surface area contributed by atoms with Crippen LogP contribution in [0.4, 0.5) is 0 Å². The Hall–Kier alpha value is -1.61. The summed E-state index contributed by atoms with van der Waals surface area (Å²) in [4.78, 5) is 6.30. The lowest BCUT2D eigenvalue weighted by Gasteiger charge is -2.31. The summed E-state index contributed by atoms with van der Waals surface area (Å²) >= 11 is 0. The lowest BCUT2D eigenvalue weighted by atomic mass is 10.0. The van der Waals surface area contributed by atoms with Crippen LogP contribution in [0.1, 0.15) is 25.5 Å². The Balaban J connectivity index is 1.74. The number of guanidine groups is 1. The predicted molar refractivity (Wildman–Crippen MR) is 83.6 cm³/mol. The molecule has 0 amide bonds. The number of sulfonamides is 1. The van der Waals surface area contributed by atoms with E-state index in [0.717, 1.165) is 19.5 Å². The number of likely N-dealkylation sites (tertiary alicyclic amines) is 1. The molecule has 22 heavy (non-hydrogen) atoms. The zero-order chi connectivity index (χ0) is 16.0. The largest absolute Gasteiger partial charge is 0.370 e. The van der Waals surface area contributed by atoms with Crippen molar-refractivity contribution in [2.75, 3.05) is 26.2 Å². The van der Waals surface area contributed by atoms with Gasteiger partial charge in [0.1, 0.15) is 12.0 Å². The molecule has 8 nitrogen and oxygen atoms in total. The molecule has 1 aromatic heterocycles. The fourth-order valence-electron chi connectivity index (χ4n) is 2.43. The molecule has 0 saturated carbocycles. The molecular formula is C13H23N5O3S. The van der Waals surface area contributed by atoms with Gasteiger partial charge in [-0.25, -0.2) is 13.1 Å². The first kappa shape index (κ1) is 16.8. The molecule has 0 aliphatic carbocycles. The number of hydrogen-bond acceptors (Lipinski definition) is 5. The Morgan fingerprint density at radius 3 is 3.14 bits per heavy atom. The van der Waals surface area contributed by atoms with Crippen LogP contribution in [0.15, 0.2) is 21.8 Å². The summed E-state index contributed by atoms with van der Waals surface area (Å²) < 4.78 is 30.7. The van der Waals surface area contributed by atoms with Crippen LogP contribution in [-0.4, -0.2) is 50.6 Å². The zero-order valence-corrected chi connectivity index (χ0v) is 13.6. The highest BCUT2D eigenvalue weighted by Gasteiger charge is 2.17. The minimum Gasteiger partial charge on any atom is -0.370 e. The maximum absolute atomic E-state index is 11.8. The predicted octanol–water partition coefficient (Wildman–Crippen LogP) is 0.141. The van der Waals surface area contributed by atoms with Gasteiger partial charge < -0.3 is 15.2 Å². The van der Waals surface area contributed by atoms with Gasteiger partial charge in [-0.1, -0.05) is 12.1 Å². The third kappa shape index (κ3) is 5.30. The van der Waals surface area contributed by atoms with Crippen molar-refractivity contribution in [1.29, 1.82) is 0 Å². The quantitative estimate of drug-likeness (QED) is 0.436. The first-order valence-electron chi connectivity index (χ1n) is 7.38. The molecule has 1 aliphatic heterocycles. The Bertz CT molecular complexity index is 585. The monoisotopic (exact) mass is 329 g/mol. The van der Waals surface area contributed by atoms with Gasteiger partial charge in [-0.3, -0.25) is 4.99 Å². The number of piperidine rings is 1. The molecule has 1 unspecified atom stereocenters. The number of aliphatic imine (C=N–C) groups is 1. The summed E-state index contributed by atoms with van der Waals surface area (Å²) in [5, 5.41) is 3.58. The van der Waals surface area contributed by atoms with Gasteiger partial charge in [0.05, 0.1) is 12.2 Å². The lowest BCUT2D eigenvalue weighted by molar-refractivity contribution is 0.270. The standard InChI is InChI=1S/C13H23N5O3S/c1-11-3-2-7-18(9-11)13(14)15-5-6-16-22(19,20)10-12-4-8-21-17-12/h4,8,11,16H,2-3,5-7,9-10H2,1H3,(H2,14,15). The van der Waals surface area contributed by atoms with Crippen molar-refractivity contribution < 1.29 is 12.9 Å². The summed E-state index contributed by atoms with van der Waals surface area (Å²) in [5.41, 5.74) is 6.32. The number of nitrogens with one attached hydrogen (secondary N) is 1. The first-order chi connectivity index (χ1) is 10.5. The molecule has 1 atom stereocenters. The summed E-state index contributed by atoms with van der Waals surface area (Å²) in [7, 11) is -3.43. The van der Waals surface area contributed by atoms with E-state index < -0.39 is 10.0 Å². The summed E-state index contributed by atoms with van der Waals surface area (Å²) in [5.74, 6) is 0.900. The average molecular weight is 329 g/mol. The molecule has 1 aromatic rings. The molecule has 0 bridgehead atoms. The SMILES string of the molecule is CC1CCCN(C(N)=NCCNS(=O)(=O)Cc2ccon2)C1. The van der Waals surface area contributed by atoms with Gasteiger partial charge >= 0.3 is 0 Å². The second-order valence-electron chi connectivity index (χ2n) is 5.58. The van der Waals surface area contributed by atoms with Gasteiger partial charge in [-0.05, 0) is 18.8 Å². The smallest absolute Gasteiger partial charge is 0.217 e. The van der Waals surface area contributed by atoms with E-state index in [1.165, 1.54) is 18.8 Å². The molecule has 1 aliphatic rings. The van der Waals surface area contributed by atoms with Crippen molar-refractivity contribution in [2.24, 2.45) is 16.6 Å². The van der Waals surface area contributed by atoms with Crippen LogP contribution in [0, 0.1) is 5.92 Å². The minimum atomic E-state index is -3.43. The number of hydrogen-bond donors (Lipinski definition) is 2. The van der Waals surface area contributed by atoms with E-state index >= 15 is 0 Å². The molecule has 1 fully saturated rings. The molecule has 2 rings (SSSR count). The Morgan fingerprint density at radius 1 is 1.64 bits per heavy atom. The fourth-order valence-corrected chi connectivity index (χ4v) is 3.47. The van der Waals surface area contributed by atoms with Crippen LogP contribution in [0.3, 0.4) is 0 Å². The summed E-state index contributed by atoms with van der Waals surface area (Å²) in [6.45, 7) is 4.54. The maximum atomic E-state index is 11.8. The normalized spacial score (nSPS) is 20.3. The summed E-state index contributed by atoms with van der Waals surface area (Å²) in [6, 6.07) is 1.52. The molecule has 0 spiro atoms. The summed E-state index contributed by atoms with van der Waals surface area (Å²) in [6.07, 6.45) is 3.67. The van der Waals surface area contributed by atoms with Crippen molar-refractivity contribution in [1.82, 2.24) is 14.8 Å². The third-order valence-corrected chi connectivity index (χ3v) is 4.84. The van der Waals surface area contributed by atoms with E-state index in [1.807, 2.05) is 0 Å². The number of aromatic nitrogens is 1. The first-order valence-corrected chi connectivity index (χ1v) is 9.03. The Labute approximate surface area is 130 Å². The molecule has 0 aromatic carbocycles. The van der Waals surface area contributed by atoms with Crippen LogP contribution in [0.5, 0.6) is 0 Å². The molecule has 124 valence electrons. The molecular weight excluding hydrogens is 306 g/mol. The van der Waals surface area contributed by atoms with E-state index in [9.17, 15) is 8.42 Å². The van der Waals surface area contributed by atoms with Crippen molar-refractivity contribution in [2.45, 2.75) is 25.5 Å². The Kier molecular flexibility index (Phi) is 5.78. The van der Waals surface area contributed by atoms with Crippen molar-refractivity contribution in [3.8, 4) is 0 Å². The topological polar surface area (TPSA) is 114 Å². The van der Waals surface area contributed by atoms with E-state index in [4.69, 9.17) is 5.73 Å². The van der Waals surface area contributed by atoms with E-state index in [-0.39, 0.29) is 12.3 Å². The second kappa shape index (κ2) is 7.59. The van der Waals surface area contributed by atoms with Gasteiger partial charge in [0.15, 0.2) is 5.96 Å². The highest BCUT2D eigenvalue weighted by Crippen LogP contribution is 2.14. The molecule has 0 radical (unpaired) electrons. The molecule has 2 heterocycles. The van der Waals surface area contributed by atoms with E-state index in [2.05, 4.69) is 31.2 Å². The van der Waals surface area contributed by atoms with Gasteiger partial charge in [-0.15, -0.1) is 0 Å². The Morgan fingerprint density at radius 2 is 2.45 bits per heavy atom. The van der Waals surface area contributed by atoms with Crippen LogP contribution in [0.25, 0.3) is 0 Å².